The van der Waals surface area contributed by atoms with Crippen LogP contribution in [0.4, 0.5) is 0 Å². The van der Waals surface area contributed by atoms with Crippen molar-refractivity contribution in [2.45, 2.75) is 25.7 Å². The van der Waals surface area contributed by atoms with Gasteiger partial charge in [0.15, 0.2) is 5.11 Å². The fraction of sp³-hybridized carbons (Fsp3) is 0.571. The molecule has 0 aliphatic carbocycles. The van der Waals surface area contributed by atoms with Gasteiger partial charge in [0.25, 0.3) is 0 Å². The molecule has 82 valence electrons. The Bertz CT molecular complexity index is 188. The monoisotopic (exact) mass is 222 g/mol. The molecule has 6 nitrogen and oxygen atoms in total. The highest BCUT2D eigenvalue weighted by Crippen LogP contribution is 1.98. The van der Waals surface area contributed by atoms with Crippen LogP contribution in [0.25, 0.3) is 0 Å². The van der Waals surface area contributed by atoms with Gasteiger partial charge in [0.1, 0.15) is 0 Å². The summed E-state index contributed by atoms with van der Waals surface area (Å²) in [6.07, 6.45) is 1.02. The van der Waals surface area contributed by atoms with Crippen LogP contribution in [0.15, 0.2) is 0 Å². The molecule has 0 heterocycles. The van der Waals surface area contributed by atoms with E-state index in [1.807, 2.05) is 0 Å². The van der Waals surface area contributed by atoms with Crippen LogP contribution in [0, 0.1) is 0 Å². The summed E-state index contributed by atoms with van der Waals surface area (Å²) in [7, 11) is 0. The van der Waals surface area contributed by atoms with E-state index in [0.717, 1.165) is 0 Å². The van der Waals surface area contributed by atoms with Crippen molar-refractivity contribution in [3.8, 4) is 0 Å². The molecule has 0 saturated carbocycles. The van der Waals surface area contributed by atoms with Gasteiger partial charge in [-0.3, -0.25) is 9.59 Å². The van der Waals surface area contributed by atoms with Crippen LogP contribution in [-0.2, 0) is 9.59 Å². The molecule has 0 aromatic rings. The molecule has 0 aliphatic rings. The van der Waals surface area contributed by atoms with Gasteiger partial charge in [-0.05, 0) is 25.1 Å². The number of rotatable bonds is 5. The van der Waals surface area contributed by atoms with Gasteiger partial charge in [-0.1, -0.05) is 0 Å². The molecule has 7 heteroatoms. The summed E-state index contributed by atoms with van der Waals surface area (Å²) >= 11 is 4.09. The van der Waals surface area contributed by atoms with Crippen molar-refractivity contribution in [2.75, 3.05) is 0 Å². The summed E-state index contributed by atoms with van der Waals surface area (Å²) in [6.45, 7) is 0. The molecular formula is C7H14N2O4S. The minimum absolute atomic E-state index is 0.000000000000000222. The number of nitrogens with two attached hydrogens (primary N) is 2. The summed E-state index contributed by atoms with van der Waals surface area (Å²) in [5.74, 6) is -1.74. The molecule has 0 aliphatic heterocycles. The molecular weight excluding hydrogens is 208 g/mol. The molecule has 6 N–H and O–H groups in total. The number of thiocarbonyl (C=S) groups is 1. The normalized spacial score (nSPS) is 8.29. The predicted octanol–water partition coefficient (Wildman–Crippen LogP) is -0.0953. The van der Waals surface area contributed by atoms with Crippen LogP contribution in [0.1, 0.15) is 25.7 Å². The largest absolute Gasteiger partial charge is 0.481 e. The molecule has 0 radical (unpaired) electrons. The minimum atomic E-state index is -0.870. The van der Waals surface area contributed by atoms with E-state index in [9.17, 15) is 9.59 Å². The van der Waals surface area contributed by atoms with Gasteiger partial charge < -0.3 is 21.7 Å². The highest BCUT2D eigenvalue weighted by Gasteiger charge is 1.99. The number of hydrogen-bond donors (Lipinski definition) is 4. The number of carboxylic acids is 2. The van der Waals surface area contributed by atoms with Gasteiger partial charge in [-0.2, -0.15) is 0 Å². The zero-order chi connectivity index (χ0) is 11.6. The second kappa shape index (κ2) is 9.72. The lowest BCUT2D eigenvalue weighted by molar-refractivity contribution is -0.139. The third-order valence-electron chi connectivity index (χ3n) is 1.03. The number of carbonyl (C=O) groups is 2. The van der Waals surface area contributed by atoms with Crippen LogP contribution in [0.5, 0.6) is 0 Å². The van der Waals surface area contributed by atoms with Crippen molar-refractivity contribution in [3.05, 3.63) is 0 Å². The molecule has 0 amide bonds. The maximum absolute atomic E-state index is 9.90. The first kappa shape index (κ1) is 15.1. The first-order chi connectivity index (χ1) is 6.36. The first-order valence-electron chi connectivity index (χ1n) is 3.84. The Hall–Kier alpha value is -1.37. The standard InChI is InChI=1S/C6H10O4.CH4N2S/c7-5(8)3-1-2-4-6(9)10;2-1(3)4/h1-4H2,(H,7,8)(H,9,10);(H4,2,3,4). The molecule has 0 unspecified atom stereocenters. The lowest BCUT2D eigenvalue weighted by Gasteiger charge is -1.92. The Labute approximate surface area is 86.9 Å². The average molecular weight is 222 g/mol. The third-order valence-corrected chi connectivity index (χ3v) is 1.03. The number of hydrogen-bond acceptors (Lipinski definition) is 3. The number of aliphatic carboxylic acids is 2. The smallest absolute Gasteiger partial charge is 0.303 e. The van der Waals surface area contributed by atoms with Crippen LogP contribution < -0.4 is 11.5 Å². The number of unbranched alkanes of at least 4 members (excludes halogenated alkanes) is 1. The van der Waals surface area contributed by atoms with E-state index in [4.69, 9.17) is 10.2 Å². The maximum Gasteiger partial charge on any atom is 0.303 e. The lowest BCUT2D eigenvalue weighted by atomic mass is 10.2. The Morgan fingerprint density at radius 3 is 1.36 bits per heavy atom. The van der Waals surface area contributed by atoms with Gasteiger partial charge in [-0.15, -0.1) is 0 Å². The molecule has 0 saturated heterocycles. The molecule has 14 heavy (non-hydrogen) atoms. The van der Waals surface area contributed by atoms with Gasteiger partial charge in [0.05, 0.1) is 0 Å². The van der Waals surface area contributed by atoms with E-state index in [-0.39, 0.29) is 18.0 Å². The van der Waals surface area contributed by atoms with Gasteiger partial charge in [0.2, 0.25) is 0 Å². The topological polar surface area (TPSA) is 127 Å². The van der Waals surface area contributed by atoms with Crippen molar-refractivity contribution in [3.63, 3.8) is 0 Å². The highest BCUT2D eigenvalue weighted by molar-refractivity contribution is 7.80. The third kappa shape index (κ3) is 31.1. The van der Waals surface area contributed by atoms with Crippen molar-refractivity contribution < 1.29 is 19.8 Å². The van der Waals surface area contributed by atoms with Crippen molar-refractivity contribution in [1.29, 1.82) is 0 Å². The molecule has 0 spiro atoms. The SMILES string of the molecule is NC(N)=S.O=C(O)CCCCC(=O)O. The Morgan fingerprint density at radius 2 is 1.21 bits per heavy atom. The van der Waals surface area contributed by atoms with Crippen molar-refractivity contribution in [1.82, 2.24) is 0 Å². The highest BCUT2D eigenvalue weighted by atomic mass is 32.1. The zero-order valence-corrected chi connectivity index (χ0v) is 8.42. The van der Waals surface area contributed by atoms with E-state index >= 15 is 0 Å². The molecule has 0 atom stereocenters. The summed E-state index contributed by atoms with van der Waals surface area (Å²) in [5, 5.41) is 16.3. The Kier molecular flexibility index (Phi) is 10.5. The summed E-state index contributed by atoms with van der Waals surface area (Å²) in [6, 6.07) is 0. The summed E-state index contributed by atoms with van der Waals surface area (Å²) in [5.41, 5.74) is 9.24. The van der Waals surface area contributed by atoms with E-state index < -0.39 is 11.9 Å². The molecule has 0 aromatic carbocycles. The Balaban J connectivity index is 0. The van der Waals surface area contributed by atoms with Crippen LogP contribution >= 0.6 is 12.2 Å². The van der Waals surface area contributed by atoms with E-state index in [2.05, 4.69) is 23.7 Å². The fourth-order valence-electron chi connectivity index (χ4n) is 0.552. The van der Waals surface area contributed by atoms with Crippen molar-refractivity contribution >= 4 is 29.3 Å². The van der Waals surface area contributed by atoms with E-state index in [0.29, 0.717) is 12.8 Å². The second-order valence-corrected chi connectivity index (χ2v) is 2.87. The van der Waals surface area contributed by atoms with Gasteiger partial charge >= 0.3 is 11.9 Å². The van der Waals surface area contributed by atoms with E-state index in [1.54, 1.807) is 0 Å². The van der Waals surface area contributed by atoms with Crippen LogP contribution in [0.3, 0.4) is 0 Å². The maximum atomic E-state index is 9.90. The van der Waals surface area contributed by atoms with Gasteiger partial charge in [0, 0.05) is 12.8 Å². The van der Waals surface area contributed by atoms with E-state index in [1.165, 1.54) is 0 Å². The van der Waals surface area contributed by atoms with Crippen LogP contribution in [0.2, 0.25) is 0 Å². The fourth-order valence-corrected chi connectivity index (χ4v) is 0.552. The second-order valence-electron chi connectivity index (χ2n) is 2.40. The summed E-state index contributed by atoms with van der Waals surface area (Å²) < 4.78 is 0. The summed E-state index contributed by atoms with van der Waals surface area (Å²) in [4.78, 5) is 19.8. The van der Waals surface area contributed by atoms with Crippen molar-refractivity contribution in [2.24, 2.45) is 11.5 Å². The van der Waals surface area contributed by atoms with Gasteiger partial charge in [-0.25, -0.2) is 0 Å². The molecule has 0 aromatic heterocycles. The number of carboxylic acid groups (broad SMARTS) is 2. The lowest BCUT2D eigenvalue weighted by Crippen LogP contribution is -2.18. The Morgan fingerprint density at radius 1 is 1.00 bits per heavy atom. The van der Waals surface area contributed by atoms with Crippen LogP contribution in [-0.4, -0.2) is 27.3 Å². The molecule has 0 bridgehead atoms. The minimum Gasteiger partial charge on any atom is -0.481 e. The molecule has 0 fully saturated rings. The molecule has 0 rings (SSSR count). The zero-order valence-electron chi connectivity index (χ0n) is 7.60. The predicted molar refractivity (Wildman–Crippen MR) is 54.7 cm³/mol. The quantitative estimate of drug-likeness (QED) is 0.378. The first-order valence-corrected chi connectivity index (χ1v) is 4.25. The average Bonchev–Trinajstić information content (AvgIpc) is 1.96.